The van der Waals surface area contributed by atoms with E-state index in [0.717, 1.165) is 24.2 Å². The monoisotopic (exact) mass is 706 g/mol. The van der Waals surface area contributed by atoms with Gasteiger partial charge < -0.3 is 41.1 Å². The Morgan fingerprint density at radius 2 is 1.36 bits per heavy atom. The molecule has 0 aromatic heterocycles. The fraction of sp³-hybridized carbons (Fsp3) is 1.00. The molecule has 6 aliphatic rings. The number of nitrogens with two attached hydrogens (primary N) is 1. The number of ether oxygens (including phenoxy) is 1. The van der Waals surface area contributed by atoms with Crippen molar-refractivity contribution in [2.45, 2.75) is 194 Å². The standard InChI is InChI=1S/C42H75NO7/c1-9-42(49)35(48)34(47)32(43)36(42)50-23-28(45)33(46)27(44)12-11-24(2)25-15-20-38(5)26(25)16-21-40(7)30(38)13-14-31-39(6)19-10-18-37(3,4)29(39)17-22-41(31,40)8/h24-36,44-49H,9-23,43H2,1-8H3/t24-,25-,26+,27-,28+,29+,30-,31-,32-,33-,34-,35+,36+,38+,39+,40-,41-,42-/m1/s1. The predicted octanol–water partition coefficient (Wildman–Crippen LogP) is 5.57. The van der Waals surface area contributed by atoms with Gasteiger partial charge in [0.2, 0.25) is 0 Å². The van der Waals surface area contributed by atoms with E-state index < -0.39 is 48.3 Å². The first kappa shape index (κ1) is 39.4. The molecule has 0 aromatic carbocycles. The van der Waals surface area contributed by atoms with Gasteiger partial charge in [0, 0.05) is 0 Å². The van der Waals surface area contributed by atoms with Gasteiger partial charge in [0.25, 0.3) is 0 Å². The van der Waals surface area contributed by atoms with E-state index >= 15 is 0 Å². The van der Waals surface area contributed by atoms with Crippen LogP contribution in [0.2, 0.25) is 0 Å². The van der Waals surface area contributed by atoms with Gasteiger partial charge in [-0.05, 0) is 146 Å². The highest BCUT2D eigenvalue weighted by Gasteiger charge is 2.70. The van der Waals surface area contributed by atoms with Crippen molar-refractivity contribution in [3.63, 3.8) is 0 Å². The smallest absolute Gasteiger partial charge is 0.120 e. The van der Waals surface area contributed by atoms with Crippen molar-refractivity contribution < 1.29 is 35.4 Å². The second-order valence-corrected chi connectivity index (χ2v) is 20.6. The van der Waals surface area contributed by atoms with E-state index in [1.165, 1.54) is 70.6 Å². The van der Waals surface area contributed by atoms with Gasteiger partial charge in [0.15, 0.2) is 0 Å². The molecule has 6 rings (SSSR count). The Kier molecular flexibility index (Phi) is 10.6. The number of fused-ring (bicyclic) bond motifs is 7. The Balaban J connectivity index is 1.06. The summed E-state index contributed by atoms with van der Waals surface area (Å²) in [5, 5.41) is 63.9. The van der Waals surface area contributed by atoms with E-state index in [0.29, 0.717) is 51.2 Å². The van der Waals surface area contributed by atoms with Crippen LogP contribution in [0.1, 0.15) is 145 Å². The van der Waals surface area contributed by atoms with Gasteiger partial charge in [0.1, 0.15) is 36.1 Å². The summed E-state index contributed by atoms with van der Waals surface area (Å²) in [7, 11) is 0. The molecule has 0 heterocycles. The van der Waals surface area contributed by atoms with Crippen LogP contribution in [0.3, 0.4) is 0 Å². The van der Waals surface area contributed by atoms with Crippen LogP contribution in [0.5, 0.6) is 0 Å². The van der Waals surface area contributed by atoms with Gasteiger partial charge in [-0.3, -0.25) is 0 Å². The summed E-state index contributed by atoms with van der Waals surface area (Å²) in [5.74, 6) is 4.14. The minimum Gasteiger partial charge on any atom is -0.390 e. The Labute approximate surface area is 303 Å². The number of aliphatic hydroxyl groups is 6. The van der Waals surface area contributed by atoms with Crippen LogP contribution < -0.4 is 5.73 Å². The molecule has 0 saturated heterocycles. The molecule has 8 N–H and O–H groups in total. The zero-order valence-corrected chi connectivity index (χ0v) is 32.8. The molecule has 0 aromatic rings. The highest BCUT2D eigenvalue weighted by atomic mass is 16.5. The lowest BCUT2D eigenvalue weighted by atomic mass is 9.32. The van der Waals surface area contributed by atoms with Gasteiger partial charge in [0.05, 0.1) is 18.8 Å². The van der Waals surface area contributed by atoms with Crippen molar-refractivity contribution in [2.24, 2.45) is 68.3 Å². The fourth-order valence-corrected chi connectivity index (χ4v) is 15.2. The summed E-state index contributed by atoms with van der Waals surface area (Å²) in [6.07, 6.45) is 8.28. The van der Waals surface area contributed by atoms with Crippen LogP contribution in [0, 0.1) is 62.6 Å². The number of rotatable bonds is 10. The lowest BCUT2D eigenvalue weighted by Crippen LogP contribution is -2.65. The van der Waals surface area contributed by atoms with Crippen LogP contribution in [0.4, 0.5) is 0 Å². The minimum absolute atomic E-state index is 0.0993. The van der Waals surface area contributed by atoms with E-state index in [-0.39, 0.29) is 13.0 Å². The van der Waals surface area contributed by atoms with Crippen molar-refractivity contribution in [1.29, 1.82) is 0 Å². The average molecular weight is 706 g/mol. The molecule has 0 radical (unpaired) electrons. The largest absolute Gasteiger partial charge is 0.390 e. The molecule has 0 amide bonds. The van der Waals surface area contributed by atoms with Crippen LogP contribution in [-0.4, -0.2) is 85.5 Å². The highest BCUT2D eigenvalue weighted by molar-refractivity contribution is 5.19. The molecule has 0 spiro atoms. The molecular weight excluding hydrogens is 630 g/mol. The molecule has 0 unspecified atom stereocenters. The quantitative estimate of drug-likeness (QED) is 0.156. The Hall–Kier alpha value is -0.320. The molecule has 0 bridgehead atoms. The summed E-state index contributed by atoms with van der Waals surface area (Å²) in [6.45, 7) is 19.5. The van der Waals surface area contributed by atoms with Crippen molar-refractivity contribution in [3.05, 3.63) is 0 Å². The zero-order valence-electron chi connectivity index (χ0n) is 32.8. The Bertz CT molecular complexity index is 1220. The van der Waals surface area contributed by atoms with Gasteiger partial charge in [-0.2, -0.15) is 0 Å². The third-order valence-electron chi connectivity index (χ3n) is 18.3. The maximum absolute atomic E-state index is 11.0. The maximum Gasteiger partial charge on any atom is 0.120 e. The van der Waals surface area contributed by atoms with E-state index in [1.54, 1.807) is 6.92 Å². The summed E-state index contributed by atoms with van der Waals surface area (Å²) in [4.78, 5) is 0. The van der Waals surface area contributed by atoms with Gasteiger partial charge in [-0.1, -0.05) is 61.8 Å². The van der Waals surface area contributed by atoms with Crippen molar-refractivity contribution in [3.8, 4) is 0 Å². The minimum atomic E-state index is -1.76. The number of aliphatic hydroxyl groups excluding tert-OH is 5. The topological polar surface area (TPSA) is 157 Å². The summed E-state index contributed by atoms with van der Waals surface area (Å²) in [6, 6.07) is -1.04. The zero-order chi connectivity index (χ0) is 36.8. The van der Waals surface area contributed by atoms with Crippen LogP contribution in [0.15, 0.2) is 0 Å². The summed E-state index contributed by atoms with van der Waals surface area (Å²) >= 11 is 0. The molecule has 8 nitrogen and oxygen atoms in total. The predicted molar refractivity (Wildman–Crippen MR) is 196 cm³/mol. The van der Waals surface area contributed by atoms with E-state index in [9.17, 15) is 30.6 Å². The first-order valence-electron chi connectivity index (χ1n) is 20.7. The molecular formula is C42H75NO7. The number of hydrogen-bond donors (Lipinski definition) is 7. The SMILES string of the molecule is CC[C@@]1(O)[C@@H](O)[C@H](O)[C@@H](N)[C@@H]1OC[C@H](O)[C@H](O)[C@H](O)CC[C@@H](C)[C@H]1CC[C@]2(C)[C@H]3CC[C@@H]4[C@@]5(C)CCCC(C)(C)[C@@H]5CC[C@@]4(C)[C@]3(C)CC[C@@H]12. The molecule has 0 aliphatic heterocycles. The van der Waals surface area contributed by atoms with Crippen molar-refractivity contribution in [1.82, 2.24) is 0 Å². The molecule has 6 saturated carbocycles. The van der Waals surface area contributed by atoms with Gasteiger partial charge in [-0.25, -0.2) is 0 Å². The first-order chi connectivity index (χ1) is 23.2. The third kappa shape index (κ3) is 5.73. The third-order valence-corrected chi connectivity index (χ3v) is 18.3. The Morgan fingerprint density at radius 1 is 0.740 bits per heavy atom. The molecule has 6 fully saturated rings. The normalized spacial score (nSPS) is 52.3. The lowest BCUT2D eigenvalue weighted by Gasteiger charge is -2.73. The van der Waals surface area contributed by atoms with Crippen LogP contribution >= 0.6 is 0 Å². The summed E-state index contributed by atoms with van der Waals surface area (Å²) in [5.41, 5.74) is 6.29. The highest BCUT2D eigenvalue weighted by Crippen LogP contribution is 2.78. The maximum atomic E-state index is 11.0. The molecule has 6 aliphatic carbocycles. The fourth-order valence-electron chi connectivity index (χ4n) is 15.2. The van der Waals surface area contributed by atoms with Crippen LogP contribution in [-0.2, 0) is 4.74 Å². The van der Waals surface area contributed by atoms with Crippen LogP contribution in [0.25, 0.3) is 0 Å². The van der Waals surface area contributed by atoms with Crippen molar-refractivity contribution in [2.75, 3.05) is 6.61 Å². The summed E-state index contributed by atoms with van der Waals surface area (Å²) < 4.78 is 5.69. The van der Waals surface area contributed by atoms with Gasteiger partial charge in [-0.15, -0.1) is 0 Å². The van der Waals surface area contributed by atoms with Gasteiger partial charge >= 0.3 is 0 Å². The van der Waals surface area contributed by atoms with E-state index in [4.69, 9.17) is 10.5 Å². The molecule has 8 heteroatoms. The second-order valence-electron chi connectivity index (χ2n) is 20.6. The second kappa shape index (κ2) is 13.5. The first-order valence-corrected chi connectivity index (χ1v) is 20.7. The molecule has 290 valence electrons. The molecule has 18 atom stereocenters. The molecule has 50 heavy (non-hydrogen) atoms. The van der Waals surface area contributed by atoms with E-state index in [1.807, 2.05) is 0 Å². The van der Waals surface area contributed by atoms with Crippen molar-refractivity contribution >= 4 is 0 Å². The lowest BCUT2D eigenvalue weighted by molar-refractivity contribution is -0.241. The number of hydrogen-bond acceptors (Lipinski definition) is 8. The average Bonchev–Trinajstić information content (AvgIpc) is 3.49. The Morgan fingerprint density at radius 3 is 2.00 bits per heavy atom. The van der Waals surface area contributed by atoms with E-state index in [2.05, 4.69) is 48.5 Å².